The molecule has 4 rings (SSSR count). The summed E-state index contributed by atoms with van der Waals surface area (Å²) in [6.45, 7) is 2.87. The number of benzene rings is 1. The van der Waals surface area contributed by atoms with Crippen molar-refractivity contribution >= 4 is 26.5 Å². The van der Waals surface area contributed by atoms with Crippen LogP contribution in [0.4, 0.5) is 5.13 Å². The smallest absolute Gasteiger partial charge is 0.243 e. The number of hydrogen-bond donors (Lipinski definition) is 1. The topological polar surface area (TPSA) is 71.5 Å². The summed E-state index contributed by atoms with van der Waals surface area (Å²) in [6.07, 6.45) is 5.49. The third-order valence-electron chi connectivity index (χ3n) is 5.11. The minimum Gasteiger partial charge on any atom is -0.376 e. The van der Waals surface area contributed by atoms with Crippen molar-refractivity contribution in [3.05, 3.63) is 29.6 Å². The number of nitrogens with zero attached hydrogens (tertiary/aromatic N) is 2. The van der Waals surface area contributed by atoms with E-state index in [1.54, 1.807) is 27.8 Å². The molecule has 0 bridgehead atoms. The van der Waals surface area contributed by atoms with Gasteiger partial charge >= 0.3 is 0 Å². The highest BCUT2D eigenvalue weighted by molar-refractivity contribution is 7.89. The Balaban J connectivity index is 1.42. The average Bonchev–Trinajstić information content (AvgIpc) is 3.39. The van der Waals surface area contributed by atoms with Crippen LogP contribution in [-0.4, -0.2) is 50.1 Å². The molecule has 27 heavy (non-hydrogen) atoms. The molecule has 1 atom stereocenters. The Morgan fingerprint density at radius 3 is 2.63 bits per heavy atom. The van der Waals surface area contributed by atoms with E-state index in [4.69, 9.17) is 4.74 Å². The first-order valence-corrected chi connectivity index (χ1v) is 11.9. The maximum Gasteiger partial charge on any atom is 0.243 e. The van der Waals surface area contributed by atoms with Crippen LogP contribution in [0.25, 0.3) is 11.3 Å². The lowest BCUT2D eigenvalue weighted by molar-refractivity contribution is 0.120. The summed E-state index contributed by atoms with van der Waals surface area (Å²) < 4.78 is 32.7. The predicted octanol–water partition coefficient (Wildman–Crippen LogP) is 3.58. The van der Waals surface area contributed by atoms with E-state index in [0.29, 0.717) is 18.0 Å². The van der Waals surface area contributed by atoms with E-state index in [2.05, 4.69) is 10.3 Å². The lowest BCUT2D eigenvalue weighted by Gasteiger charge is -2.25. The lowest BCUT2D eigenvalue weighted by Crippen LogP contribution is -2.35. The fraction of sp³-hybridized carbons (Fsp3) is 0.526. The van der Waals surface area contributed by atoms with Crippen molar-refractivity contribution in [3.8, 4) is 11.3 Å². The highest BCUT2D eigenvalue weighted by atomic mass is 32.2. The summed E-state index contributed by atoms with van der Waals surface area (Å²) in [6, 6.07) is 7.07. The van der Waals surface area contributed by atoms with Crippen molar-refractivity contribution in [2.24, 2.45) is 0 Å². The second kappa shape index (κ2) is 8.26. The number of sulfonamides is 1. The number of rotatable bonds is 6. The van der Waals surface area contributed by atoms with Gasteiger partial charge in [-0.3, -0.25) is 0 Å². The minimum atomic E-state index is -3.38. The first-order valence-electron chi connectivity index (χ1n) is 9.54. The molecular formula is C19H25N3O3S2. The molecule has 2 aliphatic heterocycles. The van der Waals surface area contributed by atoms with Crippen LogP contribution in [-0.2, 0) is 14.8 Å². The Kier molecular flexibility index (Phi) is 5.77. The first kappa shape index (κ1) is 18.9. The highest BCUT2D eigenvalue weighted by Crippen LogP contribution is 2.27. The fourth-order valence-electron chi connectivity index (χ4n) is 3.55. The molecule has 3 heterocycles. The standard InChI is InChI=1S/C19H25N3O3S2/c23-27(24,22-10-2-1-3-11-22)17-8-6-15(7-9-17)18-14-26-19(21-18)20-13-16-5-4-12-25-16/h6-9,14,16H,1-5,10-13H2,(H,20,21). The molecule has 2 fully saturated rings. The third kappa shape index (κ3) is 4.34. The van der Waals surface area contributed by atoms with Crippen LogP contribution in [0.3, 0.4) is 0 Å². The van der Waals surface area contributed by atoms with Gasteiger partial charge in [-0.25, -0.2) is 13.4 Å². The Morgan fingerprint density at radius 1 is 1.15 bits per heavy atom. The predicted molar refractivity (Wildman–Crippen MR) is 108 cm³/mol. The maximum atomic E-state index is 12.7. The Morgan fingerprint density at radius 2 is 1.93 bits per heavy atom. The summed E-state index contributed by atoms with van der Waals surface area (Å²) in [5.74, 6) is 0. The fourth-order valence-corrected chi connectivity index (χ4v) is 5.79. The van der Waals surface area contributed by atoms with Gasteiger partial charge in [0.15, 0.2) is 5.13 Å². The summed E-state index contributed by atoms with van der Waals surface area (Å²) in [5.41, 5.74) is 1.78. The van der Waals surface area contributed by atoms with Gasteiger partial charge in [0.05, 0.1) is 16.7 Å². The summed E-state index contributed by atoms with van der Waals surface area (Å²) in [5, 5.41) is 6.19. The molecule has 2 aromatic rings. The summed E-state index contributed by atoms with van der Waals surface area (Å²) >= 11 is 1.56. The molecule has 1 aromatic carbocycles. The zero-order valence-corrected chi connectivity index (χ0v) is 16.9. The van der Waals surface area contributed by atoms with Crippen LogP contribution in [0, 0.1) is 0 Å². The zero-order valence-electron chi connectivity index (χ0n) is 15.3. The van der Waals surface area contributed by atoms with Gasteiger partial charge in [-0.05, 0) is 37.8 Å². The SMILES string of the molecule is O=S(=O)(c1ccc(-c2csc(NCC3CCCO3)n2)cc1)N1CCCCC1. The molecule has 146 valence electrons. The number of aromatic nitrogens is 1. The van der Waals surface area contributed by atoms with E-state index in [-0.39, 0.29) is 6.10 Å². The maximum absolute atomic E-state index is 12.7. The molecule has 8 heteroatoms. The molecule has 2 saturated heterocycles. The van der Waals surface area contributed by atoms with Gasteiger partial charge in [0.1, 0.15) is 0 Å². The number of hydrogen-bond acceptors (Lipinski definition) is 6. The van der Waals surface area contributed by atoms with Crippen LogP contribution in [0.15, 0.2) is 34.5 Å². The van der Waals surface area contributed by atoms with Gasteiger partial charge in [-0.15, -0.1) is 11.3 Å². The largest absolute Gasteiger partial charge is 0.376 e. The van der Waals surface area contributed by atoms with Crippen LogP contribution >= 0.6 is 11.3 Å². The zero-order chi connectivity index (χ0) is 18.7. The van der Waals surface area contributed by atoms with Crippen LogP contribution < -0.4 is 5.32 Å². The number of ether oxygens (including phenoxy) is 1. The van der Waals surface area contributed by atoms with Crippen molar-refractivity contribution in [1.82, 2.24) is 9.29 Å². The average molecular weight is 408 g/mol. The van der Waals surface area contributed by atoms with E-state index in [9.17, 15) is 8.42 Å². The molecule has 6 nitrogen and oxygen atoms in total. The quantitative estimate of drug-likeness (QED) is 0.793. The van der Waals surface area contributed by atoms with Crippen LogP contribution in [0.5, 0.6) is 0 Å². The summed E-state index contributed by atoms with van der Waals surface area (Å²) in [7, 11) is -3.38. The molecule has 1 unspecified atom stereocenters. The molecule has 2 aliphatic rings. The van der Waals surface area contributed by atoms with E-state index < -0.39 is 10.0 Å². The van der Waals surface area contributed by atoms with E-state index in [1.807, 2.05) is 17.5 Å². The van der Waals surface area contributed by atoms with Crippen molar-refractivity contribution in [2.45, 2.75) is 43.1 Å². The summed E-state index contributed by atoms with van der Waals surface area (Å²) in [4.78, 5) is 4.98. The molecular weight excluding hydrogens is 382 g/mol. The Labute approximate surface area is 164 Å². The molecule has 0 saturated carbocycles. The van der Waals surface area contributed by atoms with Gasteiger partial charge in [-0.1, -0.05) is 18.6 Å². The lowest BCUT2D eigenvalue weighted by atomic mass is 10.2. The van der Waals surface area contributed by atoms with Gasteiger partial charge in [-0.2, -0.15) is 4.31 Å². The molecule has 0 aliphatic carbocycles. The number of piperidine rings is 1. The van der Waals surface area contributed by atoms with Crippen molar-refractivity contribution in [3.63, 3.8) is 0 Å². The van der Waals surface area contributed by atoms with E-state index >= 15 is 0 Å². The molecule has 0 spiro atoms. The monoisotopic (exact) mass is 407 g/mol. The minimum absolute atomic E-state index is 0.275. The normalized spacial score (nSPS) is 21.4. The Hall–Kier alpha value is -1.48. The van der Waals surface area contributed by atoms with Crippen LogP contribution in [0.1, 0.15) is 32.1 Å². The van der Waals surface area contributed by atoms with Gasteiger partial charge in [0.2, 0.25) is 10.0 Å². The molecule has 0 radical (unpaired) electrons. The number of thiazole rings is 1. The molecule has 1 N–H and O–H groups in total. The molecule has 0 amide bonds. The van der Waals surface area contributed by atoms with Gasteiger partial charge in [0.25, 0.3) is 0 Å². The third-order valence-corrected chi connectivity index (χ3v) is 7.82. The second-order valence-electron chi connectivity index (χ2n) is 7.04. The molecule has 1 aromatic heterocycles. The van der Waals surface area contributed by atoms with E-state index in [1.165, 1.54) is 0 Å². The van der Waals surface area contributed by atoms with E-state index in [0.717, 1.165) is 61.6 Å². The second-order valence-corrected chi connectivity index (χ2v) is 9.84. The highest BCUT2D eigenvalue weighted by Gasteiger charge is 2.25. The van der Waals surface area contributed by atoms with Gasteiger partial charge < -0.3 is 10.1 Å². The first-order chi connectivity index (χ1) is 13.1. The number of anilines is 1. The van der Waals surface area contributed by atoms with Crippen molar-refractivity contribution in [1.29, 1.82) is 0 Å². The van der Waals surface area contributed by atoms with Crippen LogP contribution in [0.2, 0.25) is 0 Å². The Bertz CT molecular complexity index is 853. The van der Waals surface area contributed by atoms with Crippen molar-refractivity contribution in [2.75, 3.05) is 31.6 Å². The number of nitrogens with one attached hydrogen (secondary N) is 1. The van der Waals surface area contributed by atoms with Gasteiger partial charge in [0, 0.05) is 37.2 Å². The van der Waals surface area contributed by atoms with Crippen molar-refractivity contribution < 1.29 is 13.2 Å².